The average molecular weight is 102 g/mol. The molecule has 0 bridgehead atoms. The third-order valence-corrected chi connectivity index (χ3v) is 0.366. The van der Waals surface area contributed by atoms with Gasteiger partial charge in [0.1, 0.15) is 0 Å². The first kappa shape index (κ1) is 6.07. The zero-order valence-corrected chi connectivity index (χ0v) is 3.97. The Kier molecular flexibility index (Phi) is 1.98. The van der Waals surface area contributed by atoms with Gasteiger partial charge in [0.2, 0.25) is 6.54 Å². The van der Waals surface area contributed by atoms with Crippen LogP contribution in [0.2, 0.25) is 0 Å². The van der Waals surface area contributed by atoms with Crippen molar-refractivity contribution < 1.29 is 4.92 Å². The third kappa shape index (κ3) is 5.07. The smallest absolute Gasteiger partial charge is 0.240 e. The van der Waals surface area contributed by atoms with E-state index in [0.29, 0.717) is 0 Å². The quantitative estimate of drug-likeness (QED) is 0.309. The molecule has 0 rings (SSSR count). The molecular weight excluding hydrogens is 96.0 g/mol. The monoisotopic (exact) mass is 102 g/mol. The van der Waals surface area contributed by atoms with Gasteiger partial charge in [-0.1, -0.05) is 0 Å². The van der Waals surface area contributed by atoms with Crippen LogP contribution in [0.1, 0.15) is 6.92 Å². The first-order valence-corrected chi connectivity index (χ1v) is 1.78. The second-order valence-electron chi connectivity index (χ2n) is 1.27. The highest BCUT2D eigenvalue weighted by Gasteiger charge is 1.94. The van der Waals surface area contributed by atoms with E-state index in [4.69, 9.17) is 5.41 Å². The summed E-state index contributed by atoms with van der Waals surface area (Å²) in [5.41, 5.74) is 0.0880. The molecule has 4 heteroatoms. The summed E-state index contributed by atoms with van der Waals surface area (Å²) in [6.07, 6.45) is 0. The number of nitrogens with one attached hydrogen (secondary N) is 1. The number of nitro groups is 1. The Morgan fingerprint density at radius 2 is 2.43 bits per heavy atom. The molecule has 7 heavy (non-hydrogen) atoms. The van der Waals surface area contributed by atoms with E-state index in [1.54, 1.807) is 0 Å². The van der Waals surface area contributed by atoms with E-state index in [0.717, 1.165) is 0 Å². The molecule has 0 fully saturated rings. The Hall–Kier alpha value is -0.930. The van der Waals surface area contributed by atoms with Crippen molar-refractivity contribution in [1.82, 2.24) is 0 Å². The van der Waals surface area contributed by atoms with E-state index in [1.807, 2.05) is 0 Å². The Labute approximate surface area is 40.8 Å². The van der Waals surface area contributed by atoms with Crippen LogP contribution in [0.3, 0.4) is 0 Å². The normalized spacial score (nSPS) is 8.14. The highest BCUT2D eigenvalue weighted by molar-refractivity contribution is 5.79. The Morgan fingerprint density at radius 3 is 2.43 bits per heavy atom. The summed E-state index contributed by atoms with van der Waals surface area (Å²) in [6, 6.07) is 0. The molecular formula is C3H6N2O2. The minimum Gasteiger partial charge on any atom is -0.303 e. The molecule has 0 aliphatic rings. The lowest BCUT2D eigenvalue weighted by Crippen LogP contribution is -2.07. The second-order valence-corrected chi connectivity index (χ2v) is 1.27. The van der Waals surface area contributed by atoms with E-state index in [-0.39, 0.29) is 12.3 Å². The second kappa shape index (κ2) is 2.28. The fourth-order valence-corrected chi connectivity index (χ4v) is 0.194. The third-order valence-electron chi connectivity index (χ3n) is 0.366. The van der Waals surface area contributed by atoms with Gasteiger partial charge in [-0.25, -0.2) is 0 Å². The fourth-order valence-electron chi connectivity index (χ4n) is 0.194. The van der Waals surface area contributed by atoms with Gasteiger partial charge in [0.05, 0.1) is 5.71 Å². The van der Waals surface area contributed by atoms with Crippen LogP contribution in [0.15, 0.2) is 0 Å². The Bertz CT molecular complexity index is 87.1. The van der Waals surface area contributed by atoms with Crippen LogP contribution >= 0.6 is 0 Å². The van der Waals surface area contributed by atoms with Crippen molar-refractivity contribution in [2.24, 2.45) is 0 Å². The van der Waals surface area contributed by atoms with Crippen molar-refractivity contribution in [1.29, 1.82) is 5.41 Å². The van der Waals surface area contributed by atoms with Crippen molar-refractivity contribution in [2.75, 3.05) is 6.54 Å². The summed E-state index contributed by atoms with van der Waals surface area (Å²) in [5.74, 6) is 0. The highest BCUT2D eigenvalue weighted by Crippen LogP contribution is 1.69. The lowest BCUT2D eigenvalue weighted by Gasteiger charge is -1.83. The molecule has 0 aliphatic carbocycles. The number of hydrogen-bond donors (Lipinski definition) is 1. The predicted molar refractivity (Wildman–Crippen MR) is 25.3 cm³/mol. The van der Waals surface area contributed by atoms with Gasteiger partial charge < -0.3 is 5.41 Å². The molecule has 1 N–H and O–H groups in total. The van der Waals surface area contributed by atoms with Crippen LogP contribution in [0.25, 0.3) is 0 Å². The van der Waals surface area contributed by atoms with Crippen molar-refractivity contribution in [3.05, 3.63) is 10.1 Å². The summed E-state index contributed by atoms with van der Waals surface area (Å²) < 4.78 is 0. The molecule has 0 aliphatic heterocycles. The van der Waals surface area contributed by atoms with Crippen molar-refractivity contribution >= 4 is 5.71 Å². The molecule has 0 atom stereocenters. The minimum atomic E-state index is -0.525. The maximum absolute atomic E-state index is 9.47. The first-order chi connectivity index (χ1) is 3.13. The van der Waals surface area contributed by atoms with Crippen molar-refractivity contribution in [2.45, 2.75) is 6.92 Å². The van der Waals surface area contributed by atoms with Crippen LogP contribution in [0, 0.1) is 15.5 Å². The van der Waals surface area contributed by atoms with Crippen LogP contribution in [0.5, 0.6) is 0 Å². The molecule has 0 radical (unpaired) electrons. The zero-order valence-electron chi connectivity index (χ0n) is 3.97. The number of rotatable bonds is 2. The van der Waals surface area contributed by atoms with E-state index >= 15 is 0 Å². The zero-order chi connectivity index (χ0) is 5.86. The van der Waals surface area contributed by atoms with Crippen LogP contribution < -0.4 is 0 Å². The van der Waals surface area contributed by atoms with Crippen molar-refractivity contribution in [3.63, 3.8) is 0 Å². The largest absolute Gasteiger partial charge is 0.303 e. The molecule has 0 unspecified atom stereocenters. The Balaban J connectivity index is 3.32. The fraction of sp³-hybridized carbons (Fsp3) is 0.667. The van der Waals surface area contributed by atoms with E-state index in [1.165, 1.54) is 6.92 Å². The number of nitrogens with zero attached hydrogens (tertiary/aromatic N) is 1. The standard InChI is InChI=1S/C3H6N2O2/c1-3(4)2-5(6)7/h4H,2H2,1H3. The van der Waals surface area contributed by atoms with Crippen molar-refractivity contribution in [3.8, 4) is 0 Å². The molecule has 40 valence electrons. The molecule has 0 heterocycles. The summed E-state index contributed by atoms with van der Waals surface area (Å²) in [7, 11) is 0. The molecule has 0 saturated heterocycles. The molecule has 4 nitrogen and oxygen atoms in total. The summed E-state index contributed by atoms with van der Waals surface area (Å²) >= 11 is 0. The summed E-state index contributed by atoms with van der Waals surface area (Å²) in [6.45, 7) is 1.07. The van der Waals surface area contributed by atoms with Gasteiger partial charge in [0.25, 0.3) is 0 Å². The van der Waals surface area contributed by atoms with Gasteiger partial charge in [0.15, 0.2) is 0 Å². The predicted octanol–water partition coefficient (Wildman–Crippen LogP) is 0.303. The van der Waals surface area contributed by atoms with E-state index in [9.17, 15) is 10.1 Å². The molecule has 0 saturated carbocycles. The summed E-state index contributed by atoms with van der Waals surface area (Å²) in [4.78, 5) is 8.95. The minimum absolute atomic E-state index is 0.0880. The van der Waals surface area contributed by atoms with E-state index < -0.39 is 4.92 Å². The maximum Gasteiger partial charge on any atom is 0.240 e. The number of hydrogen-bond acceptors (Lipinski definition) is 3. The van der Waals surface area contributed by atoms with Crippen LogP contribution in [-0.4, -0.2) is 17.2 Å². The molecule has 0 aromatic carbocycles. The van der Waals surface area contributed by atoms with Crippen LogP contribution in [-0.2, 0) is 0 Å². The first-order valence-electron chi connectivity index (χ1n) is 1.78. The lowest BCUT2D eigenvalue weighted by molar-refractivity contribution is -0.463. The van der Waals surface area contributed by atoms with Gasteiger partial charge in [-0.3, -0.25) is 10.1 Å². The molecule has 0 aromatic rings. The molecule has 0 amide bonds. The van der Waals surface area contributed by atoms with Gasteiger partial charge in [-0.05, 0) is 6.92 Å². The average Bonchev–Trinajstić information content (AvgIpc) is 1.27. The maximum atomic E-state index is 9.47. The van der Waals surface area contributed by atoms with Crippen LogP contribution in [0.4, 0.5) is 0 Å². The van der Waals surface area contributed by atoms with Gasteiger partial charge in [0, 0.05) is 4.92 Å². The highest BCUT2D eigenvalue weighted by atomic mass is 16.6. The van der Waals surface area contributed by atoms with E-state index in [2.05, 4.69) is 0 Å². The molecule has 0 spiro atoms. The lowest BCUT2D eigenvalue weighted by atomic mass is 10.4. The summed E-state index contributed by atoms with van der Waals surface area (Å²) in [5, 5.41) is 16.1. The molecule has 0 aromatic heterocycles. The topological polar surface area (TPSA) is 67.0 Å². The van der Waals surface area contributed by atoms with Gasteiger partial charge in [-0.15, -0.1) is 0 Å². The van der Waals surface area contributed by atoms with Gasteiger partial charge in [-0.2, -0.15) is 0 Å². The SMILES string of the molecule is CC(=N)C[N+](=O)[O-]. The Morgan fingerprint density at radius 1 is 2.00 bits per heavy atom. The van der Waals surface area contributed by atoms with Gasteiger partial charge >= 0.3 is 0 Å².